The number of fused-ring (bicyclic) bond motifs is 1. The van der Waals surface area contributed by atoms with Gasteiger partial charge in [0.25, 0.3) is 0 Å². The summed E-state index contributed by atoms with van der Waals surface area (Å²) in [5.74, 6) is 1.02. The fourth-order valence-electron chi connectivity index (χ4n) is 2.12. The summed E-state index contributed by atoms with van der Waals surface area (Å²) in [4.78, 5) is 0. The summed E-state index contributed by atoms with van der Waals surface area (Å²) in [5, 5.41) is 5.05. The van der Waals surface area contributed by atoms with Gasteiger partial charge in [-0.1, -0.05) is 18.5 Å². The molecule has 0 aliphatic rings. The molecule has 0 bridgehead atoms. The summed E-state index contributed by atoms with van der Waals surface area (Å²) in [6.45, 7) is 4.93. The van der Waals surface area contributed by atoms with Gasteiger partial charge in [0.05, 0.1) is 6.54 Å². The van der Waals surface area contributed by atoms with E-state index in [0.717, 1.165) is 40.3 Å². The molecule has 0 spiro atoms. The number of halogens is 1. The average Bonchev–Trinajstić information content (AvgIpc) is 2.56. The fourth-order valence-corrected chi connectivity index (χ4v) is 2.39. The molecule has 0 fully saturated rings. The molecule has 0 aliphatic heterocycles. The van der Waals surface area contributed by atoms with Crippen molar-refractivity contribution in [3.63, 3.8) is 0 Å². The number of hydrogen-bond acceptors (Lipinski definition) is 2. The molecule has 0 saturated carbocycles. The topological polar surface area (TPSA) is 25.2 Å². The first kappa shape index (κ1) is 11.5. The molecule has 2 rings (SSSR count). The first-order valence-corrected chi connectivity index (χ1v) is 5.90. The normalized spacial score (nSPS) is 11.2. The second kappa shape index (κ2) is 4.48. The molecule has 2 aromatic rings. The van der Waals surface area contributed by atoms with Crippen molar-refractivity contribution in [2.75, 3.05) is 7.05 Å². The maximum Gasteiger partial charge on any atom is 0.137 e. The molecule has 1 aromatic carbocycles. The first-order chi connectivity index (χ1) is 7.67. The van der Waals surface area contributed by atoms with E-state index >= 15 is 0 Å². The van der Waals surface area contributed by atoms with E-state index < -0.39 is 0 Å². The Balaban J connectivity index is 2.71. The number of furan rings is 1. The smallest absolute Gasteiger partial charge is 0.137 e. The highest BCUT2D eigenvalue weighted by atomic mass is 35.5. The van der Waals surface area contributed by atoms with Gasteiger partial charge in [0.15, 0.2) is 0 Å². The van der Waals surface area contributed by atoms with Crippen molar-refractivity contribution in [3.8, 4) is 0 Å². The fraction of sp³-hybridized carbons (Fsp3) is 0.385. The molecule has 0 unspecified atom stereocenters. The Labute approximate surface area is 101 Å². The molecule has 0 atom stereocenters. The van der Waals surface area contributed by atoms with E-state index in [0.29, 0.717) is 0 Å². The van der Waals surface area contributed by atoms with Crippen molar-refractivity contribution in [2.24, 2.45) is 0 Å². The molecule has 0 saturated heterocycles. The van der Waals surface area contributed by atoms with Crippen LogP contribution in [-0.2, 0) is 13.0 Å². The van der Waals surface area contributed by atoms with E-state index in [2.05, 4.69) is 12.2 Å². The lowest BCUT2D eigenvalue weighted by Gasteiger charge is -1.98. The van der Waals surface area contributed by atoms with E-state index in [1.54, 1.807) is 0 Å². The molecule has 0 amide bonds. The van der Waals surface area contributed by atoms with Crippen LogP contribution in [0.1, 0.15) is 23.8 Å². The van der Waals surface area contributed by atoms with Crippen LogP contribution in [0, 0.1) is 6.92 Å². The van der Waals surface area contributed by atoms with Crippen LogP contribution in [0.3, 0.4) is 0 Å². The molecule has 3 heteroatoms. The summed E-state index contributed by atoms with van der Waals surface area (Å²) in [5.41, 5.74) is 3.32. The lowest BCUT2D eigenvalue weighted by Crippen LogP contribution is -2.05. The van der Waals surface area contributed by atoms with Gasteiger partial charge >= 0.3 is 0 Å². The molecular weight excluding hydrogens is 222 g/mol. The van der Waals surface area contributed by atoms with Gasteiger partial charge in [-0.3, -0.25) is 0 Å². The second-order valence-corrected chi connectivity index (χ2v) is 4.42. The first-order valence-electron chi connectivity index (χ1n) is 5.52. The van der Waals surface area contributed by atoms with E-state index in [1.165, 1.54) is 5.56 Å². The lowest BCUT2D eigenvalue weighted by molar-refractivity contribution is 0.523. The van der Waals surface area contributed by atoms with Crippen LogP contribution in [0.5, 0.6) is 0 Å². The molecule has 2 nitrogen and oxygen atoms in total. The quantitative estimate of drug-likeness (QED) is 0.881. The average molecular weight is 238 g/mol. The summed E-state index contributed by atoms with van der Waals surface area (Å²) in [6.07, 6.45) is 0.962. The Morgan fingerprint density at radius 2 is 2.12 bits per heavy atom. The highest BCUT2D eigenvalue weighted by molar-refractivity contribution is 6.31. The van der Waals surface area contributed by atoms with E-state index in [9.17, 15) is 0 Å². The molecule has 1 heterocycles. The van der Waals surface area contributed by atoms with Crippen LogP contribution in [0.2, 0.25) is 5.02 Å². The SMILES string of the molecule is CCc1c(CNC)oc2c(C)cc(Cl)cc12. The van der Waals surface area contributed by atoms with Crippen LogP contribution in [-0.4, -0.2) is 7.05 Å². The zero-order valence-electron chi connectivity index (χ0n) is 9.86. The van der Waals surface area contributed by atoms with Gasteiger partial charge in [0, 0.05) is 16.0 Å². The van der Waals surface area contributed by atoms with Gasteiger partial charge in [0.2, 0.25) is 0 Å². The molecular formula is C13H16ClNO. The number of hydrogen-bond donors (Lipinski definition) is 1. The Morgan fingerprint density at radius 3 is 2.75 bits per heavy atom. The van der Waals surface area contributed by atoms with Crippen LogP contribution in [0.4, 0.5) is 0 Å². The highest BCUT2D eigenvalue weighted by Gasteiger charge is 2.14. The van der Waals surface area contributed by atoms with Crippen molar-refractivity contribution < 1.29 is 4.42 Å². The summed E-state index contributed by atoms with van der Waals surface area (Å²) in [7, 11) is 1.92. The molecule has 0 radical (unpaired) electrons. The summed E-state index contributed by atoms with van der Waals surface area (Å²) in [6, 6.07) is 3.93. The third-order valence-corrected chi connectivity index (χ3v) is 3.04. The highest BCUT2D eigenvalue weighted by Crippen LogP contribution is 2.31. The van der Waals surface area contributed by atoms with Gasteiger partial charge < -0.3 is 9.73 Å². The van der Waals surface area contributed by atoms with Crippen molar-refractivity contribution >= 4 is 22.6 Å². The lowest BCUT2D eigenvalue weighted by atomic mass is 10.1. The molecule has 1 aromatic heterocycles. The largest absolute Gasteiger partial charge is 0.459 e. The predicted octanol–water partition coefficient (Wildman–Crippen LogP) is 3.68. The number of rotatable bonds is 3. The molecule has 86 valence electrons. The molecule has 0 aliphatic carbocycles. The van der Waals surface area contributed by atoms with Crippen LogP contribution in [0.25, 0.3) is 11.0 Å². The molecule has 1 N–H and O–H groups in total. The van der Waals surface area contributed by atoms with Crippen molar-refractivity contribution in [1.29, 1.82) is 0 Å². The molecule has 16 heavy (non-hydrogen) atoms. The Hall–Kier alpha value is -0.990. The van der Waals surface area contributed by atoms with Crippen molar-refractivity contribution in [2.45, 2.75) is 26.8 Å². The van der Waals surface area contributed by atoms with E-state index in [4.69, 9.17) is 16.0 Å². The monoisotopic (exact) mass is 237 g/mol. The van der Waals surface area contributed by atoms with Crippen molar-refractivity contribution in [3.05, 3.63) is 34.0 Å². The minimum absolute atomic E-state index is 0.759. The zero-order valence-corrected chi connectivity index (χ0v) is 10.6. The van der Waals surface area contributed by atoms with Gasteiger partial charge in [-0.2, -0.15) is 0 Å². The van der Waals surface area contributed by atoms with E-state index in [-0.39, 0.29) is 0 Å². The maximum absolute atomic E-state index is 6.08. The summed E-state index contributed by atoms with van der Waals surface area (Å²) < 4.78 is 5.90. The van der Waals surface area contributed by atoms with Crippen LogP contribution >= 0.6 is 11.6 Å². The van der Waals surface area contributed by atoms with Gasteiger partial charge in [-0.25, -0.2) is 0 Å². The standard InChI is InChI=1S/C13H16ClNO/c1-4-10-11-6-9(14)5-8(2)13(11)16-12(10)7-15-3/h5-6,15H,4,7H2,1-3H3. The van der Waals surface area contributed by atoms with Gasteiger partial charge in [-0.05, 0) is 38.1 Å². The minimum atomic E-state index is 0.759. The Kier molecular flexibility index (Phi) is 3.22. The van der Waals surface area contributed by atoms with Crippen molar-refractivity contribution in [1.82, 2.24) is 5.32 Å². The van der Waals surface area contributed by atoms with Gasteiger partial charge in [0.1, 0.15) is 11.3 Å². The van der Waals surface area contributed by atoms with E-state index in [1.807, 2.05) is 26.1 Å². The third-order valence-electron chi connectivity index (χ3n) is 2.82. The second-order valence-electron chi connectivity index (χ2n) is 3.99. The minimum Gasteiger partial charge on any atom is -0.459 e. The van der Waals surface area contributed by atoms with Gasteiger partial charge in [-0.15, -0.1) is 0 Å². The number of benzene rings is 1. The third kappa shape index (κ3) is 1.83. The number of aryl methyl sites for hydroxylation is 2. The zero-order chi connectivity index (χ0) is 11.7. The van der Waals surface area contributed by atoms with Crippen LogP contribution in [0.15, 0.2) is 16.5 Å². The Morgan fingerprint density at radius 1 is 1.38 bits per heavy atom. The van der Waals surface area contributed by atoms with Crippen LogP contribution < -0.4 is 5.32 Å². The maximum atomic E-state index is 6.08. The summed E-state index contributed by atoms with van der Waals surface area (Å²) >= 11 is 6.08. The Bertz CT molecular complexity index is 516. The number of nitrogens with one attached hydrogen (secondary N) is 1. The predicted molar refractivity (Wildman–Crippen MR) is 68.1 cm³/mol.